The molecule has 0 atom stereocenters. The highest BCUT2D eigenvalue weighted by molar-refractivity contribution is 7.17. The molecule has 4 aromatic rings. The monoisotopic (exact) mass is 311 g/mol. The Bertz CT molecular complexity index is 1030. The van der Waals surface area contributed by atoms with E-state index in [0.29, 0.717) is 16.6 Å². The van der Waals surface area contributed by atoms with Crippen LogP contribution in [0.25, 0.3) is 32.1 Å². The molecule has 5 heteroatoms. The Morgan fingerprint density at radius 1 is 1.05 bits per heavy atom. The third-order valence-corrected chi connectivity index (χ3v) is 5.17. The minimum absolute atomic E-state index is 0.245. The van der Waals surface area contributed by atoms with Gasteiger partial charge in [-0.1, -0.05) is 18.2 Å². The van der Waals surface area contributed by atoms with Gasteiger partial charge in [0.15, 0.2) is 0 Å². The van der Waals surface area contributed by atoms with Crippen LogP contribution in [0.1, 0.15) is 0 Å². The molecule has 0 radical (unpaired) electrons. The average Bonchev–Trinajstić information content (AvgIpc) is 3.19. The lowest BCUT2D eigenvalue weighted by atomic mass is 10.0. The first-order chi connectivity index (χ1) is 10.3. The maximum atomic E-state index is 12.5. The quantitative estimate of drug-likeness (QED) is 0.525. The molecule has 102 valence electrons. The minimum Gasteiger partial charge on any atom is -0.278 e. The van der Waals surface area contributed by atoms with Gasteiger partial charge in [-0.25, -0.2) is 4.57 Å². The van der Waals surface area contributed by atoms with Crippen molar-refractivity contribution in [2.24, 2.45) is 0 Å². The average molecular weight is 311 g/mol. The standard InChI is InChI=1S/C16H9NO2S2/c18-9-17-14-11(10-4-6-20-8-10)2-1-3-12(14)13-5-7-21-15(13)16(17)19/h1-9H. The summed E-state index contributed by atoms with van der Waals surface area (Å²) in [5, 5.41) is 7.74. The summed E-state index contributed by atoms with van der Waals surface area (Å²) in [6, 6.07) is 9.81. The van der Waals surface area contributed by atoms with Crippen molar-refractivity contribution in [3.8, 4) is 11.1 Å². The van der Waals surface area contributed by atoms with Gasteiger partial charge in [-0.15, -0.1) is 11.3 Å². The largest absolute Gasteiger partial charge is 0.278 e. The maximum absolute atomic E-state index is 12.5. The fourth-order valence-corrected chi connectivity index (χ4v) is 4.17. The summed E-state index contributed by atoms with van der Waals surface area (Å²) in [6.07, 6.45) is 0.611. The number of rotatable bonds is 2. The molecule has 0 amide bonds. The van der Waals surface area contributed by atoms with Crippen molar-refractivity contribution in [3.63, 3.8) is 0 Å². The number of hydrogen-bond donors (Lipinski definition) is 0. The Kier molecular flexibility index (Phi) is 2.77. The predicted octanol–water partition coefficient (Wildman–Crippen LogP) is 3.98. The third-order valence-electron chi connectivity index (χ3n) is 3.58. The smallest absolute Gasteiger partial charge is 0.275 e. The number of nitrogens with zero attached hydrogens (tertiary/aromatic N) is 1. The molecular weight excluding hydrogens is 302 g/mol. The Labute approximate surface area is 127 Å². The SMILES string of the molecule is O=Cn1c(=O)c2sccc2c2cccc(-c3ccsc3)c21. The minimum atomic E-state index is -0.245. The number of para-hydroxylation sites is 1. The summed E-state index contributed by atoms with van der Waals surface area (Å²) in [6.45, 7) is 0. The fourth-order valence-electron chi connectivity index (χ4n) is 2.67. The lowest BCUT2D eigenvalue weighted by molar-refractivity contribution is 0.548. The first kappa shape index (κ1) is 12.5. The van der Waals surface area contributed by atoms with Crippen molar-refractivity contribution < 1.29 is 4.79 Å². The van der Waals surface area contributed by atoms with Gasteiger partial charge in [0, 0.05) is 16.3 Å². The molecule has 3 nitrogen and oxygen atoms in total. The van der Waals surface area contributed by atoms with E-state index in [4.69, 9.17) is 0 Å². The molecule has 0 bridgehead atoms. The number of hydrogen-bond acceptors (Lipinski definition) is 4. The van der Waals surface area contributed by atoms with E-state index in [1.807, 2.05) is 46.5 Å². The Morgan fingerprint density at radius 2 is 1.95 bits per heavy atom. The van der Waals surface area contributed by atoms with E-state index in [1.54, 1.807) is 11.3 Å². The van der Waals surface area contributed by atoms with Gasteiger partial charge in [-0.2, -0.15) is 11.3 Å². The number of aromatic nitrogens is 1. The van der Waals surface area contributed by atoms with Crippen LogP contribution in [-0.2, 0) is 4.79 Å². The van der Waals surface area contributed by atoms with E-state index in [0.717, 1.165) is 21.9 Å². The lowest BCUT2D eigenvalue weighted by Gasteiger charge is -2.10. The van der Waals surface area contributed by atoms with Crippen LogP contribution in [0.5, 0.6) is 0 Å². The first-order valence-corrected chi connectivity index (χ1v) is 8.16. The van der Waals surface area contributed by atoms with Crippen LogP contribution in [0.2, 0.25) is 0 Å². The molecule has 0 spiro atoms. The molecule has 3 aromatic heterocycles. The van der Waals surface area contributed by atoms with Crippen LogP contribution in [0.15, 0.2) is 51.3 Å². The Hall–Kier alpha value is -2.24. The normalized spacial score (nSPS) is 11.2. The van der Waals surface area contributed by atoms with E-state index in [-0.39, 0.29) is 5.56 Å². The van der Waals surface area contributed by atoms with Crippen LogP contribution in [0.4, 0.5) is 0 Å². The number of pyridine rings is 1. The van der Waals surface area contributed by atoms with E-state index in [2.05, 4.69) is 0 Å². The van der Waals surface area contributed by atoms with E-state index in [1.165, 1.54) is 15.9 Å². The fraction of sp³-hybridized carbons (Fsp3) is 0. The van der Waals surface area contributed by atoms with Crippen molar-refractivity contribution in [1.82, 2.24) is 4.57 Å². The number of thiophene rings is 2. The van der Waals surface area contributed by atoms with Crippen LogP contribution in [0.3, 0.4) is 0 Å². The summed E-state index contributed by atoms with van der Waals surface area (Å²) >= 11 is 2.96. The van der Waals surface area contributed by atoms with Crippen LogP contribution in [-0.4, -0.2) is 11.0 Å². The molecule has 0 aliphatic carbocycles. The molecule has 0 saturated heterocycles. The zero-order valence-corrected chi connectivity index (χ0v) is 12.4. The molecule has 0 N–H and O–H groups in total. The molecule has 1 aromatic carbocycles. The Morgan fingerprint density at radius 3 is 2.71 bits per heavy atom. The molecule has 3 heterocycles. The molecule has 0 aliphatic heterocycles. The predicted molar refractivity (Wildman–Crippen MR) is 89.1 cm³/mol. The second kappa shape index (κ2) is 4.65. The van der Waals surface area contributed by atoms with Gasteiger partial charge in [-0.3, -0.25) is 9.59 Å². The molecule has 21 heavy (non-hydrogen) atoms. The highest BCUT2D eigenvalue weighted by atomic mass is 32.1. The van der Waals surface area contributed by atoms with Gasteiger partial charge in [0.25, 0.3) is 5.56 Å². The van der Waals surface area contributed by atoms with E-state index < -0.39 is 0 Å². The number of carbonyl (C=O) groups is 1. The molecule has 4 rings (SSSR count). The van der Waals surface area contributed by atoms with Gasteiger partial charge < -0.3 is 0 Å². The van der Waals surface area contributed by atoms with E-state index in [9.17, 15) is 9.59 Å². The molecule has 0 saturated carbocycles. The summed E-state index contributed by atoms with van der Waals surface area (Å²) in [4.78, 5) is 24.0. The maximum Gasteiger partial charge on any atom is 0.275 e. The highest BCUT2D eigenvalue weighted by Gasteiger charge is 2.15. The summed E-state index contributed by atoms with van der Waals surface area (Å²) in [5.41, 5.74) is 2.37. The van der Waals surface area contributed by atoms with Gasteiger partial charge in [-0.05, 0) is 33.8 Å². The van der Waals surface area contributed by atoms with Crippen molar-refractivity contribution in [2.45, 2.75) is 0 Å². The molecular formula is C16H9NO2S2. The van der Waals surface area contributed by atoms with Crippen molar-refractivity contribution in [3.05, 3.63) is 56.8 Å². The van der Waals surface area contributed by atoms with Gasteiger partial charge in [0.1, 0.15) is 4.70 Å². The number of benzene rings is 1. The highest BCUT2D eigenvalue weighted by Crippen LogP contribution is 2.33. The van der Waals surface area contributed by atoms with Crippen LogP contribution >= 0.6 is 22.7 Å². The Balaban J connectivity index is 2.31. The zero-order valence-electron chi connectivity index (χ0n) is 10.8. The van der Waals surface area contributed by atoms with Crippen LogP contribution in [0, 0.1) is 0 Å². The molecule has 0 unspecified atom stereocenters. The van der Waals surface area contributed by atoms with Crippen molar-refractivity contribution >= 4 is 50.1 Å². The van der Waals surface area contributed by atoms with Crippen LogP contribution < -0.4 is 5.56 Å². The topological polar surface area (TPSA) is 39.1 Å². The van der Waals surface area contributed by atoms with Gasteiger partial charge in [0.2, 0.25) is 6.41 Å². The summed E-state index contributed by atoms with van der Waals surface area (Å²) in [7, 11) is 0. The molecule has 0 fully saturated rings. The number of carbonyl (C=O) groups excluding carboxylic acids is 1. The van der Waals surface area contributed by atoms with Crippen molar-refractivity contribution in [2.75, 3.05) is 0 Å². The molecule has 0 aliphatic rings. The first-order valence-electron chi connectivity index (χ1n) is 6.33. The van der Waals surface area contributed by atoms with Crippen molar-refractivity contribution in [1.29, 1.82) is 0 Å². The second-order valence-electron chi connectivity index (χ2n) is 4.66. The second-order valence-corrected chi connectivity index (χ2v) is 6.35. The number of fused-ring (bicyclic) bond motifs is 3. The van der Waals surface area contributed by atoms with Gasteiger partial charge >= 0.3 is 0 Å². The van der Waals surface area contributed by atoms with Gasteiger partial charge in [0.05, 0.1) is 5.52 Å². The zero-order chi connectivity index (χ0) is 14.4. The van der Waals surface area contributed by atoms with E-state index >= 15 is 0 Å². The summed E-state index contributed by atoms with van der Waals surface area (Å²) in [5.74, 6) is 0. The summed E-state index contributed by atoms with van der Waals surface area (Å²) < 4.78 is 1.85. The lowest BCUT2D eigenvalue weighted by Crippen LogP contribution is -2.19. The third kappa shape index (κ3) is 1.71.